The molecule has 2 aliphatic heterocycles. The van der Waals surface area contributed by atoms with Crippen molar-refractivity contribution in [3.8, 4) is 0 Å². The van der Waals surface area contributed by atoms with Gasteiger partial charge in [0.25, 0.3) is 0 Å². The van der Waals surface area contributed by atoms with Gasteiger partial charge in [0, 0.05) is 38.5 Å². The number of hydrogen-bond donors (Lipinski definition) is 2. The smallest absolute Gasteiger partial charge is 0.236 e. The molecule has 0 bridgehead atoms. The summed E-state index contributed by atoms with van der Waals surface area (Å²) in [6.07, 6.45) is 6.15. The number of carbonyl (C=O) groups excluding carboxylic acids is 1. The predicted molar refractivity (Wildman–Crippen MR) is 91.8 cm³/mol. The van der Waals surface area contributed by atoms with Crippen LogP contribution in [0.25, 0.3) is 0 Å². The van der Waals surface area contributed by atoms with Crippen molar-refractivity contribution in [3.63, 3.8) is 0 Å². The van der Waals surface area contributed by atoms with Crippen LogP contribution in [-0.4, -0.2) is 60.5 Å². The lowest BCUT2D eigenvalue weighted by Gasteiger charge is -2.35. The summed E-state index contributed by atoms with van der Waals surface area (Å²) in [6, 6.07) is 3.95. The largest absolute Gasteiger partial charge is 0.376 e. The fourth-order valence-electron chi connectivity index (χ4n) is 3.39. The number of hydrogen-bond acceptors (Lipinski definition) is 6. The molecular formula is C17H27N5O2. The van der Waals surface area contributed by atoms with Gasteiger partial charge in [-0.3, -0.25) is 4.79 Å². The standard InChI is InChI=1S/C17H27N5O2/c1-13(17(23)18-11-15-6-4-10-24-15)20-14-5-3-9-22(12-14)16-7-2-8-19-21-16/h2,7-8,13-15,20H,3-6,9-12H2,1H3,(H,18,23)/t13-,14+,15+/m0/s1. The van der Waals surface area contributed by atoms with Gasteiger partial charge in [-0.25, -0.2) is 0 Å². The Labute approximate surface area is 143 Å². The number of ether oxygens (including phenoxy) is 1. The van der Waals surface area contributed by atoms with Gasteiger partial charge in [-0.05, 0) is 44.7 Å². The minimum Gasteiger partial charge on any atom is -0.376 e. The third kappa shape index (κ3) is 4.64. The van der Waals surface area contributed by atoms with Crippen LogP contribution in [-0.2, 0) is 9.53 Å². The van der Waals surface area contributed by atoms with Crippen LogP contribution in [0.4, 0.5) is 5.82 Å². The second kappa shape index (κ2) is 8.39. The highest BCUT2D eigenvalue weighted by atomic mass is 16.5. The number of amides is 1. The van der Waals surface area contributed by atoms with Crippen LogP contribution in [0.1, 0.15) is 32.6 Å². The summed E-state index contributed by atoms with van der Waals surface area (Å²) < 4.78 is 5.54. The van der Waals surface area contributed by atoms with Gasteiger partial charge in [0.05, 0.1) is 12.1 Å². The van der Waals surface area contributed by atoms with Gasteiger partial charge in [0.15, 0.2) is 5.82 Å². The molecule has 2 aliphatic rings. The zero-order valence-corrected chi connectivity index (χ0v) is 14.3. The summed E-state index contributed by atoms with van der Waals surface area (Å²) in [5, 5.41) is 14.6. The predicted octanol–water partition coefficient (Wildman–Crippen LogP) is 0.719. The van der Waals surface area contributed by atoms with Crippen molar-refractivity contribution in [1.82, 2.24) is 20.8 Å². The van der Waals surface area contributed by atoms with Crippen molar-refractivity contribution in [3.05, 3.63) is 18.3 Å². The Morgan fingerprint density at radius 2 is 2.38 bits per heavy atom. The molecule has 0 aliphatic carbocycles. The van der Waals surface area contributed by atoms with Gasteiger partial charge in [-0.2, -0.15) is 5.10 Å². The normalized spacial score (nSPS) is 25.5. The van der Waals surface area contributed by atoms with Crippen LogP contribution in [0.15, 0.2) is 18.3 Å². The first-order valence-electron chi connectivity index (χ1n) is 8.90. The second-order valence-electron chi connectivity index (χ2n) is 6.64. The Kier molecular flexibility index (Phi) is 5.98. The number of carbonyl (C=O) groups is 1. The molecule has 24 heavy (non-hydrogen) atoms. The van der Waals surface area contributed by atoms with Crippen LogP contribution in [0.5, 0.6) is 0 Å². The first kappa shape index (κ1) is 17.1. The highest BCUT2D eigenvalue weighted by Gasteiger charge is 2.25. The van der Waals surface area contributed by atoms with Gasteiger partial charge in [-0.15, -0.1) is 5.10 Å². The first-order valence-corrected chi connectivity index (χ1v) is 8.90. The van der Waals surface area contributed by atoms with Crippen molar-refractivity contribution in [2.75, 3.05) is 31.1 Å². The lowest BCUT2D eigenvalue weighted by molar-refractivity contribution is -0.123. The van der Waals surface area contributed by atoms with Crippen LogP contribution < -0.4 is 15.5 Å². The Morgan fingerprint density at radius 3 is 3.12 bits per heavy atom. The molecule has 0 unspecified atom stereocenters. The minimum atomic E-state index is -0.210. The number of anilines is 1. The van der Waals surface area contributed by atoms with E-state index in [1.54, 1.807) is 6.20 Å². The van der Waals surface area contributed by atoms with Crippen molar-refractivity contribution >= 4 is 11.7 Å². The van der Waals surface area contributed by atoms with Gasteiger partial charge >= 0.3 is 0 Å². The van der Waals surface area contributed by atoms with E-state index in [-0.39, 0.29) is 24.1 Å². The summed E-state index contributed by atoms with van der Waals surface area (Å²) in [6.45, 7) is 5.18. The van der Waals surface area contributed by atoms with Crippen LogP contribution in [0.3, 0.4) is 0 Å². The lowest BCUT2D eigenvalue weighted by Crippen LogP contribution is -2.53. The molecule has 0 spiro atoms. The summed E-state index contributed by atoms with van der Waals surface area (Å²) in [5.74, 6) is 0.946. The van der Waals surface area contributed by atoms with Crippen molar-refractivity contribution < 1.29 is 9.53 Å². The van der Waals surface area contributed by atoms with E-state index in [0.29, 0.717) is 6.54 Å². The summed E-state index contributed by atoms with van der Waals surface area (Å²) in [4.78, 5) is 14.5. The molecule has 2 fully saturated rings. The molecule has 2 saturated heterocycles. The maximum absolute atomic E-state index is 12.3. The maximum Gasteiger partial charge on any atom is 0.236 e. The van der Waals surface area contributed by atoms with Gasteiger partial charge in [-0.1, -0.05) is 0 Å². The Hall–Kier alpha value is -1.73. The van der Waals surface area contributed by atoms with Crippen molar-refractivity contribution in [2.24, 2.45) is 0 Å². The average Bonchev–Trinajstić information content (AvgIpc) is 3.14. The number of piperidine rings is 1. The van der Waals surface area contributed by atoms with Gasteiger partial charge < -0.3 is 20.3 Å². The molecule has 3 heterocycles. The molecular weight excluding hydrogens is 306 g/mol. The molecule has 7 heteroatoms. The molecule has 0 saturated carbocycles. The van der Waals surface area contributed by atoms with Crippen molar-refractivity contribution in [2.45, 2.75) is 50.8 Å². The molecule has 1 aromatic rings. The first-order chi connectivity index (χ1) is 11.7. The van der Waals surface area contributed by atoms with Gasteiger partial charge in [0.2, 0.25) is 5.91 Å². The molecule has 3 atom stereocenters. The Morgan fingerprint density at radius 1 is 1.46 bits per heavy atom. The molecule has 1 aromatic heterocycles. The topological polar surface area (TPSA) is 79.4 Å². The monoisotopic (exact) mass is 333 g/mol. The van der Waals surface area contributed by atoms with E-state index in [1.807, 2.05) is 19.1 Å². The molecule has 0 aromatic carbocycles. The van der Waals surface area contributed by atoms with Crippen LogP contribution in [0.2, 0.25) is 0 Å². The summed E-state index contributed by atoms with van der Waals surface area (Å²) in [5.41, 5.74) is 0. The second-order valence-corrected chi connectivity index (χ2v) is 6.64. The highest BCUT2D eigenvalue weighted by molar-refractivity contribution is 5.81. The molecule has 0 radical (unpaired) electrons. The van der Waals surface area contributed by atoms with E-state index < -0.39 is 0 Å². The number of aromatic nitrogens is 2. The highest BCUT2D eigenvalue weighted by Crippen LogP contribution is 2.17. The maximum atomic E-state index is 12.3. The molecule has 3 rings (SSSR count). The molecule has 1 amide bonds. The molecule has 2 N–H and O–H groups in total. The molecule has 7 nitrogen and oxygen atoms in total. The quantitative estimate of drug-likeness (QED) is 0.799. The summed E-state index contributed by atoms with van der Waals surface area (Å²) in [7, 11) is 0. The Balaban J connectivity index is 1.44. The number of nitrogens with one attached hydrogen (secondary N) is 2. The van der Waals surface area contributed by atoms with E-state index in [4.69, 9.17) is 4.74 Å². The zero-order chi connectivity index (χ0) is 16.8. The lowest BCUT2D eigenvalue weighted by atomic mass is 10.0. The zero-order valence-electron chi connectivity index (χ0n) is 14.3. The van der Waals surface area contributed by atoms with E-state index in [1.165, 1.54) is 0 Å². The van der Waals surface area contributed by atoms with Crippen molar-refractivity contribution in [1.29, 1.82) is 0 Å². The van der Waals surface area contributed by atoms with Crippen LogP contribution in [0, 0.1) is 0 Å². The molecule has 132 valence electrons. The Bertz CT molecular complexity index is 521. The van der Waals surface area contributed by atoms with Crippen LogP contribution >= 0.6 is 0 Å². The van der Waals surface area contributed by atoms with E-state index in [0.717, 1.165) is 51.2 Å². The van der Waals surface area contributed by atoms with E-state index in [9.17, 15) is 4.79 Å². The van der Waals surface area contributed by atoms with Gasteiger partial charge in [0.1, 0.15) is 0 Å². The minimum absolute atomic E-state index is 0.0436. The number of nitrogens with zero attached hydrogens (tertiary/aromatic N) is 3. The van der Waals surface area contributed by atoms with E-state index in [2.05, 4.69) is 25.7 Å². The fourth-order valence-corrected chi connectivity index (χ4v) is 3.39. The summed E-state index contributed by atoms with van der Waals surface area (Å²) >= 11 is 0. The third-order valence-corrected chi connectivity index (χ3v) is 4.71. The average molecular weight is 333 g/mol. The van der Waals surface area contributed by atoms with E-state index >= 15 is 0 Å². The number of rotatable bonds is 6. The fraction of sp³-hybridized carbons (Fsp3) is 0.706. The SMILES string of the molecule is C[C@H](N[C@@H]1CCCN(c2cccnn2)C1)C(=O)NC[C@H]1CCCO1. The third-order valence-electron chi connectivity index (χ3n) is 4.71.